The second-order valence-electron chi connectivity index (χ2n) is 4.95. The lowest BCUT2D eigenvalue weighted by molar-refractivity contribution is -0.384. The van der Waals surface area contributed by atoms with E-state index in [1.54, 1.807) is 0 Å². The molecule has 0 aliphatic heterocycles. The van der Waals surface area contributed by atoms with E-state index >= 15 is 0 Å². The van der Waals surface area contributed by atoms with Crippen LogP contribution in [-0.4, -0.2) is 30.6 Å². The van der Waals surface area contributed by atoms with Crippen LogP contribution in [-0.2, 0) is 10.0 Å². The van der Waals surface area contributed by atoms with Crippen LogP contribution in [0.2, 0.25) is 5.02 Å². The molecule has 1 aliphatic carbocycles. The van der Waals surface area contributed by atoms with Gasteiger partial charge in [0.1, 0.15) is 4.90 Å². The summed E-state index contributed by atoms with van der Waals surface area (Å²) < 4.78 is 27.0. The number of nitrogens with zero attached hydrogens (tertiary/aromatic N) is 1. The van der Waals surface area contributed by atoms with E-state index in [1.807, 2.05) is 0 Å². The fraction of sp³-hybridized carbons (Fsp3) is 0.500. The van der Waals surface area contributed by atoms with Crippen LogP contribution >= 0.6 is 11.6 Å². The minimum absolute atomic E-state index is 0.220. The minimum atomic E-state index is -3.93. The van der Waals surface area contributed by atoms with Crippen molar-refractivity contribution < 1.29 is 18.4 Å². The summed E-state index contributed by atoms with van der Waals surface area (Å²) in [5, 5.41) is 20.2. The summed E-state index contributed by atoms with van der Waals surface area (Å²) in [6, 6.07) is 2.61. The highest BCUT2D eigenvalue weighted by Crippen LogP contribution is 2.27. The predicted octanol–water partition coefficient (Wildman–Crippen LogP) is 1.83. The molecule has 0 spiro atoms. The zero-order valence-corrected chi connectivity index (χ0v) is 12.6. The van der Waals surface area contributed by atoms with Gasteiger partial charge in [0.15, 0.2) is 0 Å². The molecule has 1 aromatic rings. The van der Waals surface area contributed by atoms with Gasteiger partial charge in [-0.2, -0.15) is 0 Å². The van der Waals surface area contributed by atoms with Crippen LogP contribution in [0.15, 0.2) is 23.1 Å². The van der Waals surface area contributed by atoms with Gasteiger partial charge in [0, 0.05) is 18.2 Å². The van der Waals surface area contributed by atoms with Crippen molar-refractivity contribution in [1.82, 2.24) is 4.72 Å². The Bertz CT molecular complexity index is 649. The smallest absolute Gasteiger partial charge is 0.271 e. The predicted molar refractivity (Wildman–Crippen MR) is 76.7 cm³/mol. The molecule has 0 amide bonds. The van der Waals surface area contributed by atoms with E-state index < -0.39 is 27.1 Å². The van der Waals surface area contributed by atoms with Gasteiger partial charge in [-0.25, -0.2) is 13.1 Å². The maximum absolute atomic E-state index is 12.3. The highest BCUT2D eigenvalue weighted by atomic mass is 35.5. The number of halogens is 1. The third-order valence-electron chi connectivity index (χ3n) is 3.45. The van der Waals surface area contributed by atoms with Crippen molar-refractivity contribution in [3.63, 3.8) is 0 Å². The number of rotatable bonds is 4. The maximum Gasteiger partial charge on any atom is 0.271 e. The molecule has 21 heavy (non-hydrogen) atoms. The maximum atomic E-state index is 12.3. The molecule has 1 saturated carbocycles. The van der Waals surface area contributed by atoms with Crippen LogP contribution in [0.5, 0.6) is 0 Å². The Morgan fingerprint density at radius 1 is 1.33 bits per heavy atom. The lowest BCUT2D eigenvalue weighted by Gasteiger charge is -2.28. The van der Waals surface area contributed by atoms with Crippen molar-refractivity contribution in [3.05, 3.63) is 33.3 Å². The van der Waals surface area contributed by atoms with Crippen molar-refractivity contribution in [3.8, 4) is 0 Å². The van der Waals surface area contributed by atoms with Gasteiger partial charge in [-0.3, -0.25) is 10.1 Å². The zero-order valence-electron chi connectivity index (χ0n) is 11.0. The highest BCUT2D eigenvalue weighted by molar-refractivity contribution is 7.89. The van der Waals surface area contributed by atoms with Crippen LogP contribution in [0.3, 0.4) is 0 Å². The monoisotopic (exact) mass is 334 g/mol. The SMILES string of the molecule is O=[N+]([O-])c1ccc(S(=O)(=O)N[C@H]2CCCC[C@@H]2O)c(Cl)c1. The summed E-state index contributed by atoms with van der Waals surface area (Å²) in [6.07, 6.45) is 2.05. The summed E-state index contributed by atoms with van der Waals surface area (Å²) in [6.45, 7) is 0. The lowest BCUT2D eigenvalue weighted by atomic mass is 9.93. The second kappa shape index (κ2) is 6.27. The molecule has 2 rings (SSSR count). The van der Waals surface area contributed by atoms with Crippen molar-refractivity contribution in [2.75, 3.05) is 0 Å². The van der Waals surface area contributed by atoms with E-state index in [-0.39, 0.29) is 15.6 Å². The summed E-state index contributed by atoms with van der Waals surface area (Å²) in [7, 11) is -3.93. The molecule has 1 aromatic carbocycles. The Hall–Kier alpha value is -1.22. The van der Waals surface area contributed by atoms with E-state index in [4.69, 9.17) is 11.6 Å². The first-order chi connectivity index (χ1) is 9.81. The Morgan fingerprint density at radius 2 is 2.00 bits per heavy atom. The number of hydrogen-bond acceptors (Lipinski definition) is 5. The third kappa shape index (κ3) is 3.70. The quantitative estimate of drug-likeness (QED) is 0.644. The molecule has 1 aliphatic rings. The van der Waals surface area contributed by atoms with E-state index in [9.17, 15) is 23.6 Å². The van der Waals surface area contributed by atoms with E-state index in [0.717, 1.165) is 31.0 Å². The molecule has 9 heteroatoms. The van der Waals surface area contributed by atoms with Crippen LogP contribution < -0.4 is 4.72 Å². The number of aliphatic hydroxyl groups is 1. The van der Waals surface area contributed by atoms with Gasteiger partial charge in [0.05, 0.1) is 16.0 Å². The summed E-state index contributed by atoms with van der Waals surface area (Å²) in [4.78, 5) is 9.74. The van der Waals surface area contributed by atoms with Crippen LogP contribution in [0, 0.1) is 10.1 Å². The topological polar surface area (TPSA) is 110 Å². The molecule has 1 fully saturated rings. The van der Waals surface area contributed by atoms with Crippen molar-refractivity contribution in [2.45, 2.75) is 42.7 Å². The van der Waals surface area contributed by atoms with Gasteiger partial charge in [0.2, 0.25) is 10.0 Å². The first-order valence-electron chi connectivity index (χ1n) is 6.45. The molecule has 0 saturated heterocycles. The molecule has 0 bridgehead atoms. The van der Waals surface area contributed by atoms with Gasteiger partial charge < -0.3 is 5.11 Å². The molecule has 0 radical (unpaired) electrons. The Morgan fingerprint density at radius 3 is 2.57 bits per heavy atom. The number of benzene rings is 1. The Labute approximate surface area is 127 Å². The lowest BCUT2D eigenvalue weighted by Crippen LogP contribution is -2.45. The average Bonchev–Trinajstić information content (AvgIpc) is 2.40. The van der Waals surface area contributed by atoms with Gasteiger partial charge in [-0.15, -0.1) is 0 Å². The van der Waals surface area contributed by atoms with E-state index in [0.29, 0.717) is 12.8 Å². The second-order valence-corrected chi connectivity index (χ2v) is 7.04. The minimum Gasteiger partial charge on any atom is -0.391 e. The number of hydrogen-bond donors (Lipinski definition) is 2. The Kier molecular flexibility index (Phi) is 4.82. The first-order valence-corrected chi connectivity index (χ1v) is 8.32. The Balaban J connectivity index is 2.25. The molecule has 0 heterocycles. The number of nitro groups is 1. The van der Waals surface area contributed by atoms with Crippen LogP contribution in [0.4, 0.5) is 5.69 Å². The van der Waals surface area contributed by atoms with Crippen LogP contribution in [0.25, 0.3) is 0 Å². The number of non-ortho nitro benzene ring substituents is 1. The molecule has 7 nitrogen and oxygen atoms in total. The number of nitro benzene ring substituents is 1. The van der Waals surface area contributed by atoms with Gasteiger partial charge in [-0.1, -0.05) is 24.4 Å². The summed E-state index contributed by atoms with van der Waals surface area (Å²) >= 11 is 5.83. The van der Waals surface area contributed by atoms with Crippen molar-refractivity contribution in [1.29, 1.82) is 0 Å². The molecular formula is C12H15ClN2O5S. The van der Waals surface area contributed by atoms with Gasteiger partial charge in [-0.05, 0) is 18.9 Å². The third-order valence-corrected chi connectivity index (χ3v) is 5.42. The first kappa shape index (κ1) is 16.2. The normalized spacial score (nSPS) is 23.0. The average molecular weight is 335 g/mol. The van der Waals surface area contributed by atoms with Gasteiger partial charge >= 0.3 is 0 Å². The summed E-state index contributed by atoms with van der Waals surface area (Å²) in [5.74, 6) is 0. The van der Waals surface area contributed by atoms with Gasteiger partial charge in [0.25, 0.3) is 5.69 Å². The largest absolute Gasteiger partial charge is 0.391 e. The number of sulfonamides is 1. The van der Waals surface area contributed by atoms with Crippen molar-refractivity contribution >= 4 is 27.3 Å². The van der Waals surface area contributed by atoms with Crippen molar-refractivity contribution in [2.24, 2.45) is 0 Å². The molecule has 0 aromatic heterocycles. The van der Waals surface area contributed by atoms with Crippen LogP contribution in [0.1, 0.15) is 25.7 Å². The molecule has 116 valence electrons. The fourth-order valence-electron chi connectivity index (χ4n) is 2.33. The number of nitrogens with one attached hydrogen (secondary N) is 1. The van der Waals surface area contributed by atoms with E-state index in [1.165, 1.54) is 0 Å². The number of aliphatic hydroxyl groups excluding tert-OH is 1. The van der Waals surface area contributed by atoms with E-state index in [2.05, 4.69) is 4.72 Å². The molecular weight excluding hydrogens is 320 g/mol. The molecule has 2 atom stereocenters. The standard InChI is InChI=1S/C12H15ClN2O5S/c13-9-7-8(15(17)18)5-6-12(9)21(19,20)14-10-3-1-2-4-11(10)16/h5-7,10-11,14,16H,1-4H2/t10-,11-/m0/s1. The summed E-state index contributed by atoms with van der Waals surface area (Å²) in [5.41, 5.74) is -0.281. The molecule has 2 N–H and O–H groups in total. The highest BCUT2D eigenvalue weighted by Gasteiger charge is 2.29. The zero-order chi connectivity index (χ0) is 15.6. The molecule has 0 unspecified atom stereocenters. The fourth-order valence-corrected chi connectivity index (χ4v) is 4.18.